The molecule has 8 nitrogen and oxygen atoms in total. The van der Waals surface area contributed by atoms with Gasteiger partial charge >= 0.3 is 0 Å². The molecular weight excluding hydrogens is 312 g/mol. The van der Waals surface area contributed by atoms with Gasteiger partial charge in [-0.05, 0) is 37.1 Å². The Kier molecular flexibility index (Phi) is 5.78. The van der Waals surface area contributed by atoms with Gasteiger partial charge in [-0.25, -0.2) is 5.43 Å². The van der Waals surface area contributed by atoms with Crippen molar-refractivity contribution in [3.63, 3.8) is 0 Å². The van der Waals surface area contributed by atoms with E-state index in [0.29, 0.717) is 30.0 Å². The van der Waals surface area contributed by atoms with Gasteiger partial charge < -0.3 is 15.3 Å². The molecule has 1 aromatic rings. The molecule has 0 radical (unpaired) electrons. The van der Waals surface area contributed by atoms with Crippen molar-refractivity contribution in [2.45, 2.75) is 19.8 Å². The van der Waals surface area contributed by atoms with Crippen molar-refractivity contribution in [1.82, 2.24) is 16.3 Å². The van der Waals surface area contributed by atoms with E-state index in [1.807, 2.05) is 6.92 Å². The van der Waals surface area contributed by atoms with Gasteiger partial charge in [0.2, 0.25) is 11.8 Å². The molecule has 1 unspecified atom stereocenters. The molecule has 2 rings (SSSR count). The number of rotatable bonds is 7. The SMILES string of the molecule is C=C1NNC(=O)C1CCC(=O)N/N=C/c1ccc(O)c(OCC)c1. The van der Waals surface area contributed by atoms with Crippen LogP contribution in [-0.2, 0) is 9.59 Å². The number of aromatic hydroxyl groups is 1. The predicted molar refractivity (Wildman–Crippen MR) is 88.2 cm³/mol. The molecule has 0 spiro atoms. The number of benzene rings is 1. The summed E-state index contributed by atoms with van der Waals surface area (Å²) in [4.78, 5) is 23.2. The highest BCUT2D eigenvalue weighted by Crippen LogP contribution is 2.26. The molecule has 1 aliphatic rings. The number of hydrazine groups is 1. The summed E-state index contributed by atoms with van der Waals surface area (Å²) < 4.78 is 5.27. The molecular formula is C16H20N4O4. The number of hydrogen-bond donors (Lipinski definition) is 4. The summed E-state index contributed by atoms with van der Waals surface area (Å²) in [6, 6.07) is 4.75. The Hall–Kier alpha value is -3.03. The monoisotopic (exact) mass is 332 g/mol. The van der Waals surface area contributed by atoms with Crippen LogP contribution < -0.4 is 21.0 Å². The quantitative estimate of drug-likeness (QED) is 0.435. The zero-order chi connectivity index (χ0) is 17.5. The van der Waals surface area contributed by atoms with Crippen LogP contribution in [0.15, 0.2) is 35.6 Å². The van der Waals surface area contributed by atoms with Crippen LogP contribution in [-0.4, -0.2) is 29.7 Å². The summed E-state index contributed by atoms with van der Waals surface area (Å²) in [5.41, 5.74) is 8.71. The third kappa shape index (κ3) is 4.48. The van der Waals surface area contributed by atoms with Gasteiger partial charge in [0.1, 0.15) is 0 Å². The van der Waals surface area contributed by atoms with E-state index in [2.05, 4.69) is 28.0 Å². The molecule has 4 N–H and O–H groups in total. The lowest BCUT2D eigenvalue weighted by Gasteiger charge is -2.06. The van der Waals surface area contributed by atoms with Gasteiger partial charge in [0.05, 0.1) is 18.7 Å². The predicted octanol–water partition coefficient (Wildman–Crippen LogP) is 0.786. The fourth-order valence-electron chi connectivity index (χ4n) is 2.17. The number of phenolic OH excluding ortho intramolecular Hbond substituents is 1. The standard InChI is InChI=1S/C16H20N4O4/c1-3-24-14-8-11(4-6-13(14)21)9-17-19-15(22)7-5-12-10(2)18-20-16(12)23/h4,6,8-9,12,18,21H,2-3,5,7H2,1H3,(H,19,22)(H,20,23)/b17-9+. The number of nitrogens with zero attached hydrogens (tertiary/aromatic N) is 1. The minimum Gasteiger partial charge on any atom is -0.504 e. The topological polar surface area (TPSA) is 112 Å². The highest BCUT2D eigenvalue weighted by Gasteiger charge is 2.27. The summed E-state index contributed by atoms with van der Waals surface area (Å²) in [7, 11) is 0. The second-order valence-electron chi connectivity index (χ2n) is 5.18. The molecule has 0 saturated carbocycles. The number of phenols is 1. The number of ether oxygens (including phenoxy) is 1. The van der Waals surface area contributed by atoms with Crippen molar-refractivity contribution >= 4 is 18.0 Å². The lowest BCUT2D eigenvalue weighted by Crippen LogP contribution is -2.26. The Morgan fingerprint density at radius 2 is 2.29 bits per heavy atom. The van der Waals surface area contributed by atoms with Crippen LogP contribution in [0.1, 0.15) is 25.3 Å². The normalized spacial score (nSPS) is 16.8. The Bertz CT molecular complexity index is 656. The van der Waals surface area contributed by atoms with Gasteiger partial charge in [-0.2, -0.15) is 5.10 Å². The maximum Gasteiger partial charge on any atom is 0.247 e. The second kappa shape index (κ2) is 8.00. The first-order valence-corrected chi connectivity index (χ1v) is 7.53. The number of hydrogen-bond acceptors (Lipinski definition) is 6. The van der Waals surface area contributed by atoms with E-state index in [-0.39, 0.29) is 24.0 Å². The van der Waals surface area contributed by atoms with E-state index < -0.39 is 5.92 Å². The minimum atomic E-state index is -0.412. The largest absolute Gasteiger partial charge is 0.504 e. The van der Waals surface area contributed by atoms with E-state index in [1.54, 1.807) is 12.1 Å². The summed E-state index contributed by atoms with van der Waals surface area (Å²) in [5.74, 6) is -0.510. The maximum atomic E-state index is 11.8. The third-order valence-electron chi connectivity index (χ3n) is 3.43. The van der Waals surface area contributed by atoms with Gasteiger partial charge in [-0.1, -0.05) is 6.58 Å². The van der Waals surface area contributed by atoms with Crippen molar-refractivity contribution in [3.8, 4) is 11.5 Å². The first kappa shape index (κ1) is 17.3. The van der Waals surface area contributed by atoms with Gasteiger partial charge in [0.15, 0.2) is 11.5 Å². The van der Waals surface area contributed by atoms with E-state index >= 15 is 0 Å². The van der Waals surface area contributed by atoms with Crippen LogP contribution in [0.2, 0.25) is 0 Å². The van der Waals surface area contributed by atoms with E-state index in [0.717, 1.165) is 0 Å². The van der Waals surface area contributed by atoms with Crippen molar-refractivity contribution in [2.24, 2.45) is 11.0 Å². The molecule has 24 heavy (non-hydrogen) atoms. The average Bonchev–Trinajstić information content (AvgIpc) is 2.87. The van der Waals surface area contributed by atoms with E-state index in [1.165, 1.54) is 12.3 Å². The number of carbonyl (C=O) groups is 2. The number of nitrogens with one attached hydrogen (secondary N) is 3. The highest BCUT2D eigenvalue weighted by atomic mass is 16.5. The molecule has 128 valence electrons. The summed E-state index contributed by atoms with van der Waals surface area (Å²) in [6.45, 7) is 5.95. The van der Waals surface area contributed by atoms with Gasteiger partial charge in [0.25, 0.3) is 0 Å². The molecule has 0 bridgehead atoms. The second-order valence-corrected chi connectivity index (χ2v) is 5.18. The molecule has 1 heterocycles. The van der Waals surface area contributed by atoms with Crippen molar-refractivity contribution in [1.29, 1.82) is 0 Å². The van der Waals surface area contributed by atoms with Crippen LogP contribution in [0.5, 0.6) is 11.5 Å². The number of amides is 2. The number of carbonyl (C=O) groups excluding carboxylic acids is 2. The van der Waals surface area contributed by atoms with Crippen molar-refractivity contribution in [2.75, 3.05) is 6.61 Å². The van der Waals surface area contributed by atoms with Crippen LogP contribution in [0.3, 0.4) is 0 Å². The number of hydrazone groups is 1. The minimum absolute atomic E-state index is 0.0433. The maximum absolute atomic E-state index is 11.8. The molecule has 1 aromatic carbocycles. The van der Waals surface area contributed by atoms with Crippen LogP contribution >= 0.6 is 0 Å². The summed E-state index contributed by atoms with van der Waals surface area (Å²) in [6.07, 6.45) is 1.95. The molecule has 1 aliphatic heterocycles. The van der Waals surface area contributed by atoms with E-state index in [4.69, 9.17) is 4.74 Å². The molecule has 2 amide bonds. The van der Waals surface area contributed by atoms with Gasteiger partial charge in [0, 0.05) is 12.1 Å². The Morgan fingerprint density at radius 3 is 2.96 bits per heavy atom. The van der Waals surface area contributed by atoms with Crippen molar-refractivity contribution < 1.29 is 19.4 Å². The fourth-order valence-corrected chi connectivity index (χ4v) is 2.17. The van der Waals surface area contributed by atoms with Crippen LogP contribution in [0, 0.1) is 5.92 Å². The Labute approximate surface area is 139 Å². The van der Waals surface area contributed by atoms with Crippen LogP contribution in [0.25, 0.3) is 0 Å². The summed E-state index contributed by atoms with van der Waals surface area (Å²) in [5, 5.41) is 13.5. The molecule has 1 fully saturated rings. The first-order chi connectivity index (χ1) is 11.5. The molecule has 0 aliphatic carbocycles. The first-order valence-electron chi connectivity index (χ1n) is 7.53. The fraction of sp³-hybridized carbons (Fsp3) is 0.312. The Morgan fingerprint density at radius 1 is 1.50 bits per heavy atom. The van der Waals surface area contributed by atoms with Crippen LogP contribution in [0.4, 0.5) is 0 Å². The third-order valence-corrected chi connectivity index (χ3v) is 3.43. The molecule has 0 aromatic heterocycles. The molecule has 1 saturated heterocycles. The van der Waals surface area contributed by atoms with Crippen molar-refractivity contribution in [3.05, 3.63) is 36.0 Å². The van der Waals surface area contributed by atoms with Gasteiger partial charge in [-0.15, -0.1) is 0 Å². The lowest BCUT2D eigenvalue weighted by molar-refractivity contribution is -0.123. The molecule has 1 atom stereocenters. The summed E-state index contributed by atoms with van der Waals surface area (Å²) >= 11 is 0. The highest BCUT2D eigenvalue weighted by molar-refractivity contribution is 5.85. The Balaban J connectivity index is 1.83. The molecule has 8 heteroatoms. The van der Waals surface area contributed by atoms with E-state index in [9.17, 15) is 14.7 Å². The zero-order valence-corrected chi connectivity index (χ0v) is 13.3. The van der Waals surface area contributed by atoms with Gasteiger partial charge in [-0.3, -0.25) is 15.0 Å². The lowest BCUT2D eigenvalue weighted by atomic mass is 10.0. The zero-order valence-electron chi connectivity index (χ0n) is 13.3. The smallest absolute Gasteiger partial charge is 0.247 e. The average molecular weight is 332 g/mol.